The van der Waals surface area contributed by atoms with E-state index in [1.165, 1.54) is 36.8 Å². The second kappa shape index (κ2) is 4.14. The second-order valence-electron chi connectivity index (χ2n) is 4.48. The van der Waals surface area contributed by atoms with E-state index >= 15 is 0 Å². The summed E-state index contributed by atoms with van der Waals surface area (Å²) in [5, 5.41) is 0. The van der Waals surface area contributed by atoms with Gasteiger partial charge in [-0.15, -0.1) is 0 Å². The normalized spacial score (nSPS) is 19.9. The first-order valence-corrected chi connectivity index (χ1v) is 5.59. The van der Waals surface area contributed by atoms with E-state index in [0.717, 1.165) is 5.92 Å². The highest BCUT2D eigenvalue weighted by Gasteiger charge is 2.22. The van der Waals surface area contributed by atoms with Crippen LogP contribution in [0.5, 0.6) is 0 Å². The number of hydrogen-bond donors (Lipinski definition) is 1. The van der Waals surface area contributed by atoms with E-state index < -0.39 is 0 Å². The zero-order valence-corrected chi connectivity index (χ0v) is 8.87. The Morgan fingerprint density at radius 3 is 2.64 bits per heavy atom. The van der Waals surface area contributed by atoms with E-state index in [1.54, 1.807) is 0 Å². The molecule has 1 aliphatic rings. The number of nitrogens with two attached hydrogens (primary N) is 1. The van der Waals surface area contributed by atoms with Crippen LogP contribution in [-0.2, 0) is 0 Å². The molecule has 2 rings (SSSR count). The number of hydrogen-bond acceptors (Lipinski definition) is 1. The summed E-state index contributed by atoms with van der Waals surface area (Å²) >= 11 is 0. The van der Waals surface area contributed by atoms with Crippen molar-refractivity contribution in [3.63, 3.8) is 0 Å². The van der Waals surface area contributed by atoms with Gasteiger partial charge in [-0.3, -0.25) is 0 Å². The average Bonchev–Trinajstić information content (AvgIpc) is 2.69. The van der Waals surface area contributed by atoms with Crippen molar-refractivity contribution in [2.45, 2.75) is 38.6 Å². The molecule has 0 saturated heterocycles. The minimum atomic E-state index is 0.261. The lowest BCUT2D eigenvalue weighted by Gasteiger charge is -2.19. The van der Waals surface area contributed by atoms with Gasteiger partial charge in [0.25, 0.3) is 0 Å². The van der Waals surface area contributed by atoms with Crippen LogP contribution in [-0.4, -0.2) is 0 Å². The van der Waals surface area contributed by atoms with Gasteiger partial charge in [0, 0.05) is 6.04 Å². The molecule has 1 heteroatoms. The molecule has 0 bridgehead atoms. The molecule has 14 heavy (non-hydrogen) atoms. The molecule has 1 aromatic rings. The molecule has 0 spiro atoms. The quantitative estimate of drug-likeness (QED) is 0.759. The van der Waals surface area contributed by atoms with Crippen LogP contribution >= 0.6 is 0 Å². The molecule has 0 radical (unpaired) electrons. The third kappa shape index (κ3) is 1.98. The largest absolute Gasteiger partial charge is 0.324 e. The summed E-state index contributed by atoms with van der Waals surface area (Å²) in [6, 6.07) is 8.89. The van der Waals surface area contributed by atoms with Gasteiger partial charge in [0.05, 0.1) is 0 Å². The van der Waals surface area contributed by atoms with E-state index in [4.69, 9.17) is 5.73 Å². The number of aryl methyl sites for hydroxylation is 1. The Morgan fingerprint density at radius 1 is 1.29 bits per heavy atom. The lowest BCUT2D eigenvalue weighted by molar-refractivity contribution is 0.445. The Bertz CT molecular complexity index is 300. The lowest BCUT2D eigenvalue weighted by Crippen LogP contribution is -2.19. The molecule has 2 N–H and O–H groups in total. The average molecular weight is 189 g/mol. The molecule has 0 aromatic heterocycles. The fourth-order valence-electron chi connectivity index (χ4n) is 2.47. The summed E-state index contributed by atoms with van der Waals surface area (Å²) in [5.41, 5.74) is 8.90. The second-order valence-corrected chi connectivity index (χ2v) is 4.48. The third-order valence-corrected chi connectivity index (χ3v) is 3.33. The van der Waals surface area contributed by atoms with Gasteiger partial charge in [-0.25, -0.2) is 0 Å². The van der Waals surface area contributed by atoms with Crippen molar-refractivity contribution in [3.05, 3.63) is 35.4 Å². The Labute approximate surface area is 86.3 Å². The molecule has 1 aliphatic carbocycles. The standard InChI is InChI=1S/C13H19N/c1-10-5-4-8-12(9-10)13(14)11-6-2-3-7-11/h4-5,8-9,11,13H,2-3,6-7,14H2,1H3/t13-/m0/s1. The summed E-state index contributed by atoms with van der Waals surface area (Å²) in [4.78, 5) is 0. The summed E-state index contributed by atoms with van der Waals surface area (Å²) in [7, 11) is 0. The van der Waals surface area contributed by atoms with Crippen molar-refractivity contribution in [2.24, 2.45) is 11.7 Å². The highest BCUT2D eigenvalue weighted by atomic mass is 14.7. The van der Waals surface area contributed by atoms with Crippen molar-refractivity contribution in [1.82, 2.24) is 0 Å². The fraction of sp³-hybridized carbons (Fsp3) is 0.538. The summed E-state index contributed by atoms with van der Waals surface area (Å²) in [6.07, 6.45) is 5.36. The Morgan fingerprint density at radius 2 is 2.00 bits per heavy atom. The maximum Gasteiger partial charge on any atom is 0.0323 e. The van der Waals surface area contributed by atoms with Gasteiger partial charge >= 0.3 is 0 Å². The van der Waals surface area contributed by atoms with Gasteiger partial charge in [-0.1, -0.05) is 42.7 Å². The van der Waals surface area contributed by atoms with Gasteiger partial charge in [0.15, 0.2) is 0 Å². The predicted molar refractivity (Wildman–Crippen MR) is 60.1 cm³/mol. The van der Waals surface area contributed by atoms with E-state index in [-0.39, 0.29) is 6.04 Å². The molecule has 0 aliphatic heterocycles. The monoisotopic (exact) mass is 189 g/mol. The van der Waals surface area contributed by atoms with Crippen LogP contribution in [0.15, 0.2) is 24.3 Å². The van der Waals surface area contributed by atoms with Crippen molar-refractivity contribution in [3.8, 4) is 0 Å². The summed E-state index contributed by atoms with van der Waals surface area (Å²) < 4.78 is 0. The minimum absolute atomic E-state index is 0.261. The predicted octanol–water partition coefficient (Wildman–Crippen LogP) is 3.19. The molecule has 1 atom stereocenters. The molecule has 0 unspecified atom stereocenters. The maximum absolute atomic E-state index is 6.27. The van der Waals surface area contributed by atoms with Crippen molar-refractivity contribution in [2.75, 3.05) is 0 Å². The van der Waals surface area contributed by atoms with Crippen LogP contribution in [0.1, 0.15) is 42.9 Å². The molecule has 1 aromatic carbocycles. The van der Waals surface area contributed by atoms with E-state index in [0.29, 0.717) is 0 Å². The smallest absolute Gasteiger partial charge is 0.0323 e. The first kappa shape index (κ1) is 9.72. The van der Waals surface area contributed by atoms with E-state index in [9.17, 15) is 0 Å². The van der Waals surface area contributed by atoms with Crippen LogP contribution in [0.25, 0.3) is 0 Å². The maximum atomic E-state index is 6.27. The fourth-order valence-corrected chi connectivity index (χ4v) is 2.47. The van der Waals surface area contributed by atoms with Gasteiger partial charge in [0.2, 0.25) is 0 Å². The molecule has 1 nitrogen and oxygen atoms in total. The molecule has 1 saturated carbocycles. The Balaban J connectivity index is 2.13. The van der Waals surface area contributed by atoms with Gasteiger partial charge < -0.3 is 5.73 Å². The van der Waals surface area contributed by atoms with Crippen molar-refractivity contribution < 1.29 is 0 Å². The topological polar surface area (TPSA) is 26.0 Å². The summed E-state index contributed by atoms with van der Waals surface area (Å²) in [5.74, 6) is 0.719. The highest BCUT2D eigenvalue weighted by molar-refractivity contribution is 5.25. The molecule has 0 amide bonds. The third-order valence-electron chi connectivity index (χ3n) is 3.33. The van der Waals surface area contributed by atoms with Crippen molar-refractivity contribution >= 4 is 0 Å². The van der Waals surface area contributed by atoms with E-state index in [2.05, 4.69) is 31.2 Å². The van der Waals surface area contributed by atoms with E-state index in [1.807, 2.05) is 0 Å². The molecule has 76 valence electrons. The zero-order valence-electron chi connectivity index (χ0n) is 8.87. The first-order chi connectivity index (χ1) is 6.77. The molecule has 1 fully saturated rings. The highest BCUT2D eigenvalue weighted by Crippen LogP contribution is 2.34. The van der Waals surface area contributed by atoms with Crippen LogP contribution in [0, 0.1) is 12.8 Å². The Kier molecular flexibility index (Phi) is 2.87. The first-order valence-electron chi connectivity index (χ1n) is 5.59. The number of rotatable bonds is 2. The Hall–Kier alpha value is -0.820. The number of benzene rings is 1. The van der Waals surface area contributed by atoms with Crippen LogP contribution in [0.3, 0.4) is 0 Å². The van der Waals surface area contributed by atoms with Gasteiger partial charge in [-0.2, -0.15) is 0 Å². The molecule has 0 heterocycles. The van der Waals surface area contributed by atoms with Crippen LogP contribution in [0.2, 0.25) is 0 Å². The van der Waals surface area contributed by atoms with Crippen LogP contribution in [0.4, 0.5) is 0 Å². The van der Waals surface area contributed by atoms with Gasteiger partial charge in [0.1, 0.15) is 0 Å². The lowest BCUT2D eigenvalue weighted by atomic mass is 9.92. The summed E-state index contributed by atoms with van der Waals surface area (Å²) in [6.45, 7) is 2.13. The zero-order chi connectivity index (χ0) is 9.97. The van der Waals surface area contributed by atoms with Crippen molar-refractivity contribution in [1.29, 1.82) is 0 Å². The molecular weight excluding hydrogens is 170 g/mol. The van der Waals surface area contributed by atoms with Gasteiger partial charge in [-0.05, 0) is 31.2 Å². The SMILES string of the molecule is Cc1cccc([C@@H](N)C2CCCC2)c1. The van der Waals surface area contributed by atoms with Crippen LogP contribution < -0.4 is 5.73 Å². The molecular formula is C13H19N. The minimum Gasteiger partial charge on any atom is -0.324 e.